The lowest BCUT2D eigenvalue weighted by molar-refractivity contribution is -0.128. The van der Waals surface area contributed by atoms with Crippen molar-refractivity contribution >= 4 is 5.91 Å². The van der Waals surface area contributed by atoms with E-state index >= 15 is 0 Å². The number of amides is 1. The first kappa shape index (κ1) is 14.3. The fourth-order valence-corrected chi connectivity index (χ4v) is 3.94. The molecule has 3 aliphatic rings. The van der Waals surface area contributed by atoms with E-state index in [1.165, 1.54) is 32.1 Å². The van der Waals surface area contributed by atoms with Gasteiger partial charge in [0, 0.05) is 44.8 Å². The number of carbonyl (C=O) groups excluding carboxylic acids is 1. The van der Waals surface area contributed by atoms with Crippen LogP contribution in [0.15, 0.2) is 0 Å². The predicted octanol–water partition coefficient (Wildman–Crippen LogP) is 1.94. The zero-order valence-electron chi connectivity index (χ0n) is 12.5. The molecule has 0 aromatic heterocycles. The highest BCUT2D eigenvalue weighted by atomic mass is 16.5. The Labute approximate surface area is 122 Å². The van der Waals surface area contributed by atoms with Crippen molar-refractivity contribution in [3.63, 3.8) is 0 Å². The van der Waals surface area contributed by atoms with Gasteiger partial charge >= 0.3 is 0 Å². The molecule has 114 valence electrons. The zero-order chi connectivity index (χ0) is 13.8. The number of hydrogen-bond donors (Lipinski definition) is 1. The van der Waals surface area contributed by atoms with Crippen LogP contribution in [0.3, 0.4) is 0 Å². The molecular formula is C16H28N2O2. The number of nitrogens with one attached hydrogen (secondary N) is 1. The topological polar surface area (TPSA) is 41.6 Å². The van der Waals surface area contributed by atoms with Crippen molar-refractivity contribution < 1.29 is 9.53 Å². The van der Waals surface area contributed by atoms with Gasteiger partial charge in [-0.05, 0) is 31.6 Å². The normalized spacial score (nSPS) is 30.1. The maximum absolute atomic E-state index is 12.2. The summed E-state index contributed by atoms with van der Waals surface area (Å²) in [5.74, 6) is 1.12. The average molecular weight is 280 g/mol. The second kappa shape index (κ2) is 6.90. The van der Waals surface area contributed by atoms with Crippen LogP contribution in [-0.4, -0.2) is 49.2 Å². The van der Waals surface area contributed by atoms with Crippen LogP contribution in [0.5, 0.6) is 0 Å². The van der Waals surface area contributed by atoms with E-state index in [4.69, 9.17) is 4.74 Å². The maximum atomic E-state index is 12.2. The molecule has 3 rings (SSSR count). The fourth-order valence-electron chi connectivity index (χ4n) is 3.94. The van der Waals surface area contributed by atoms with Gasteiger partial charge in [-0.25, -0.2) is 0 Å². The molecule has 4 heteroatoms. The van der Waals surface area contributed by atoms with Crippen molar-refractivity contribution in [2.45, 2.75) is 63.5 Å². The van der Waals surface area contributed by atoms with Gasteiger partial charge in [0.25, 0.3) is 0 Å². The van der Waals surface area contributed by atoms with Crippen molar-refractivity contribution in [3.8, 4) is 0 Å². The van der Waals surface area contributed by atoms with Gasteiger partial charge in [0.15, 0.2) is 0 Å². The Morgan fingerprint density at radius 3 is 2.55 bits per heavy atom. The van der Waals surface area contributed by atoms with Crippen LogP contribution in [0.25, 0.3) is 0 Å². The Hall–Kier alpha value is -0.610. The summed E-state index contributed by atoms with van der Waals surface area (Å²) in [6.07, 6.45) is 9.62. The van der Waals surface area contributed by atoms with Crippen LogP contribution in [0.1, 0.15) is 51.4 Å². The molecule has 0 aromatic rings. The molecule has 0 bridgehead atoms. The van der Waals surface area contributed by atoms with E-state index in [0.717, 1.165) is 45.1 Å². The quantitative estimate of drug-likeness (QED) is 0.855. The Balaban J connectivity index is 1.44. The monoisotopic (exact) mass is 280 g/mol. The van der Waals surface area contributed by atoms with Gasteiger partial charge in [0.1, 0.15) is 0 Å². The summed E-state index contributed by atoms with van der Waals surface area (Å²) in [6, 6.07) is 0.922. The lowest BCUT2D eigenvalue weighted by atomic mass is 9.89. The second-order valence-electron chi connectivity index (χ2n) is 6.76. The third kappa shape index (κ3) is 3.73. The molecule has 1 amide bonds. The maximum Gasteiger partial charge on any atom is 0.224 e. The van der Waals surface area contributed by atoms with E-state index in [1.54, 1.807) is 0 Å². The molecule has 1 N–H and O–H groups in total. The molecule has 4 nitrogen and oxygen atoms in total. The summed E-state index contributed by atoms with van der Waals surface area (Å²) in [5, 5.41) is 3.67. The highest BCUT2D eigenvalue weighted by Gasteiger charge is 2.32. The van der Waals surface area contributed by atoms with E-state index < -0.39 is 0 Å². The molecule has 0 radical (unpaired) electrons. The molecule has 20 heavy (non-hydrogen) atoms. The minimum Gasteiger partial charge on any atom is -0.381 e. The van der Waals surface area contributed by atoms with E-state index in [9.17, 15) is 4.79 Å². The first-order valence-corrected chi connectivity index (χ1v) is 8.43. The number of rotatable bonds is 4. The molecule has 0 spiro atoms. The van der Waals surface area contributed by atoms with Crippen LogP contribution in [0.4, 0.5) is 0 Å². The van der Waals surface area contributed by atoms with Crippen LogP contribution in [0, 0.1) is 5.92 Å². The zero-order valence-corrected chi connectivity index (χ0v) is 12.5. The molecule has 1 atom stereocenters. The van der Waals surface area contributed by atoms with E-state index in [0.29, 0.717) is 24.4 Å². The molecule has 0 unspecified atom stereocenters. The number of likely N-dealkylation sites (tertiary alicyclic amines) is 1. The van der Waals surface area contributed by atoms with Crippen LogP contribution < -0.4 is 5.32 Å². The van der Waals surface area contributed by atoms with Gasteiger partial charge in [-0.1, -0.05) is 19.3 Å². The molecule has 3 fully saturated rings. The smallest absolute Gasteiger partial charge is 0.224 e. The lowest BCUT2D eigenvalue weighted by Crippen LogP contribution is -2.43. The summed E-state index contributed by atoms with van der Waals surface area (Å²) in [7, 11) is 0. The van der Waals surface area contributed by atoms with E-state index in [1.807, 2.05) is 0 Å². The summed E-state index contributed by atoms with van der Waals surface area (Å²) in [5.41, 5.74) is 0. The highest BCUT2D eigenvalue weighted by Crippen LogP contribution is 2.26. The summed E-state index contributed by atoms with van der Waals surface area (Å²) >= 11 is 0. The Kier molecular flexibility index (Phi) is 4.94. The number of ether oxygens (including phenoxy) is 1. The highest BCUT2D eigenvalue weighted by molar-refractivity contribution is 5.79. The third-order valence-electron chi connectivity index (χ3n) is 5.11. The molecule has 1 saturated carbocycles. The minimum atomic E-state index is 0.361. The summed E-state index contributed by atoms with van der Waals surface area (Å²) < 4.78 is 5.39. The molecule has 2 saturated heterocycles. The molecule has 2 aliphatic heterocycles. The summed E-state index contributed by atoms with van der Waals surface area (Å²) in [4.78, 5) is 14.3. The molecule has 0 aromatic carbocycles. The number of hydrogen-bond acceptors (Lipinski definition) is 3. The van der Waals surface area contributed by atoms with Gasteiger partial charge in [-0.15, -0.1) is 0 Å². The Morgan fingerprint density at radius 1 is 1.05 bits per heavy atom. The first-order valence-electron chi connectivity index (χ1n) is 8.43. The molecule has 2 heterocycles. The van der Waals surface area contributed by atoms with E-state index in [-0.39, 0.29) is 0 Å². The first-order chi connectivity index (χ1) is 9.81. The van der Waals surface area contributed by atoms with Crippen molar-refractivity contribution in [1.29, 1.82) is 0 Å². The van der Waals surface area contributed by atoms with Crippen LogP contribution >= 0.6 is 0 Å². The summed E-state index contributed by atoms with van der Waals surface area (Å²) in [6.45, 7) is 3.66. The van der Waals surface area contributed by atoms with Gasteiger partial charge < -0.3 is 15.0 Å². The molecular weight excluding hydrogens is 252 g/mol. The second-order valence-corrected chi connectivity index (χ2v) is 6.76. The van der Waals surface area contributed by atoms with Gasteiger partial charge in [0.2, 0.25) is 5.91 Å². The van der Waals surface area contributed by atoms with Crippen molar-refractivity contribution in [2.75, 3.05) is 26.3 Å². The fraction of sp³-hybridized carbons (Fsp3) is 0.938. The van der Waals surface area contributed by atoms with Crippen LogP contribution in [-0.2, 0) is 9.53 Å². The van der Waals surface area contributed by atoms with Gasteiger partial charge in [0.05, 0.1) is 0 Å². The lowest BCUT2D eigenvalue weighted by Gasteiger charge is -2.28. The van der Waals surface area contributed by atoms with Gasteiger partial charge in [-0.3, -0.25) is 4.79 Å². The Bertz CT molecular complexity index is 322. The standard InChI is InChI=1S/C16H28N2O2/c19-16-10-15(17-14-6-8-20-9-7-14)12-18(16)11-13-4-2-1-3-5-13/h13-15,17H,1-12H2/t15-/m0/s1. The van der Waals surface area contributed by atoms with Crippen molar-refractivity contribution in [2.24, 2.45) is 5.92 Å². The average Bonchev–Trinajstić information content (AvgIpc) is 2.81. The van der Waals surface area contributed by atoms with Crippen LogP contribution in [0.2, 0.25) is 0 Å². The van der Waals surface area contributed by atoms with Gasteiger partial charge in [-0.2, -0.15) is 0 Å². The number of nitrogens with zero attached hydrogens (tertiary/aromatic N) is 1. The SMILES string of the molecule is O=C1C[C@H](NC2CCOCC2)CN1CC1CCCCC1. The minimum absolute atomic E-state index is 0.361. The predicted molar refractivity (Wildman–Crippen MR) is 78.5 cm³/mol. The third-order valence-corrected chi connectivity index (χ3v) is 5.11. The largest absolute Gasteiger partial charge is 0.381 e. The Morgan fingerprint density at radius 2 is 1.80 bits per heavy atom. The molecule has 1 aliphatic carbocycles. The number of carbonyl (C=O) groups is 1. The van der Waals surface area contributed by atoms with E-state index in [2.05, 4.69) is 10.2 Å². The van der Waals surface area contributed by atoms with Crippen molar-refractivity contribution in [1.82, 2.24) is 10.2 Å². The van der Waals surface area contributed by atoms with Crippen molar-refractivity contribution in [3.05, 3.63) is 0 Å².